The van der Waals surface area contributed by atoms with E-state index in [4.69, 9.17) is 31.2 Å². The molecule has 0 spiro atoms. The van der Waals surface area contributed by atoms with Crippen LogP contribution in [-0.2, 0) is 52.8 Å². The van der Waals surface area contributed by atoms with Gasteiger partial charge in [-0.2, -0.15) is 0 Å². The molecule has 1 fully saturated rings. The van der Waals surface area contributed by atoms with Crippen LogP contribution in [0.1, 0.15) is 128 Å². The molecule has 1 N–H and O–H groups in total. The topological polar surface area (TPSA) is 177 Å². The van der Waals surface area contributed by atoms with E-state index in [-0.39, 0.29) is 46.3 Å². The van der Waals surface area contributed by atoms with Crippen molar-refractivity contribution < 1.29 is 56.4 Å². The fourth-order valence-electron chi connectivity index (χ4n) is 6.29. The zero-order chi connectivity index (χ0) is 47.3. The predicted molar refractivity (Wildman–Crippen MR) is 269 cm³/mol. The third-order valence-electron chi connectivity index (χ3n) is 10.1. The molecule has 2 aromatic rings. The van der Waals surface area contributed by atoms with Gasteiger partial charge in [0.05, 0.1) is 37.9 Å². The van der Waals surface area contributed by atoms with Crippen molar-refractivity contribution in [2.45, 2.75) is 127 Å². The highest BCUT2D eigenvalue weighted by Crippen LogP contribution is 2.34. The van der Waals surface area contributed by atoms with Gasteiger partial charge >= 0.3 is 29.8 Å². The summed E-state index contributed by atoms with van der Waals surface area (Å²) in [5.74, 6) is -2.98. The first kappa shape index (κ1) is 59.5. The lowest BCUT2D eigenvalue weighted by molar-refractivity contribution is -0.143. The van der Waals surface area contributed by atoms with Crippen molar-refractivity contribution in [1.82, 2.24) is 0 Å². The number of carboxylic acid groups (broad SMARTS) is 1. The summed E-state index contributed by atoms with van der Waals surface area (Å²) in [6.07, 6.45) is 12.5. The van der Waals surface area contributed by atoms with Crippen molar-refractivity contribution in [3.05, 3.63) is 89.5 Å². The number of esters is 4. The van der Waals surface area contributed by atoms with Gasteiger partial charge in [-0.1, -0.05) is 156 Å². The van der Waals surface area contributed by atoms with E-state index in [2.05, 4.69) is 6.58 Å². The lowest BCUT2D eigenvalue weighted by atomic mass is 9.99. The molecule has 1 heterocycles. The molecule has 362 valence electrons. The van der Waals surface area contributed by atoms with Crippen molar-refractivity contribution in [2.75, 3.05) is 32.2 Å². The van der Waals surface area contributed by atoms with E-state index in [1.165, 1.54) is 18.7 Å². The molecule has 3 rings (SSSR count). The Morgan fingerprint density at radius 1 is 0.846 bits per heavy atom. The van der Waals surface area contributed by atoms with Crippen molar-refractivity contribution in [3.8, 4) is 0 Å². The molecule has 0 radical (unpaired) electrons. The number of carbonyl (C=O) groups excluding carboxylic acids is 4. The minimum atomic E-state index is -4.13. The first-order valence-corrected chi connectivity index (χ1v) is 25.9. The van der Waals surface area contributed by atoms with E-state index in [1.54, 1.807) is 55.1 Å². The Balaban J connectivity index is 0.000000658. The van der Waals surface area contributed by atoms with Crippen LogP contribution in [0.4, 0.5) is 0 Å². The Morgan fingerprint density at radius 2 is 1.37 bits per heavy atom. The zero-order valence-corrected chi connectivity index (χ0v) is 42.7. The summed E-state index contributed by atoms with van der Waals surface area (Å²) in [5, 5.41) is 6.15. The third kappa shape index (κ3) is 23.6. The third-order valence-corrected chi connectivity index (χ3v) is 15.0. The minimum Gasteiger partial charge on any atom is -0.577 e. The number of thioether (sulfide) groups is 2. The first-order chi connectivity index (χ1) is 30.6. The number of cyclic esters (lactones) is 2. The molecule has 0 aromatic heterocycles. The number of ether oxygens (including phenoxy) is 4. The highest BCUT2D eigenvalue weighted by molar-refractivity contribution is 8.47. The summed E-state index contributed by atoms with van der Waals surface area (Å²) in [4.78, 5) is 60.6. The molecule has 2 aromatic carbocycles. The van der Waals surface area contributed by atoms with Crippen LogP contribution in [-0.4, -0.2) is 89.6 Å². The molecule has 12 nitrogen and oxygen atoms in total. The number of rotatable bonds is 18. The number of hydrogen-bond donors (Lipinski definition) is 1. The number of hydrogen-bond acceptors (Lipinski definition) is 14. The Bertz CT molecular complexity index is 1930. The van der Waals surface area contributed by atoms with Crippen molar-refractivity contribution in [2.24, 2.45) is 5.92 Å². The molecule has 0 bridgehead atoms. The van der Waals surface area contributed by atoms with Gasteiger partial charge in [-0.15, -0.1) is 11.8 Å². The van der Waals surface area contributed by atoms with Crippen molar-refractivity contribution in [1.29, 1.82) is 0 Å². The number of aliphatic carboxylic acids is 1. The van der Waals surface area contributed by atoms with Crippen LogP contribution in [0.5, 0.6) is 0 Å². The number of unbranched alkanes of at least 4 members (excludes halogenated alkanes) is 5. The minimum absolute atomic E-state index is 0. The molecule has 4 atom stereocenters. The molecule has 0 amide bonds. The molecule has 1 aliphatic heterocycles. The molecule has 4 unspecified atom stereocenters. The Labute approximate surface area is 403 Å². The smallest absolute Gasteiger partial charge is 0.335 e. The number of sulfone groups is 1. The van der Waals surface area contributed by atoms with E-state index in [0.717, 1.165) is 79.1 Å². The fraction of sp³-hybridized carbons (Fsp3) is 0.542. The summed E-state index contributed by atoms with van der Waals surface area (Å²) >= 11 is 8.14. The quantitative estimate of drug-likeness (QED) is 0.0372. The molecule has 0 aliphatic carbocycles. The van der Waals surface area contributed by atoms with Crippen LogP contribution in [0.2, 0.25) is 0 Å². The summed E-state index contributed by atoms with van der Waals surface area (Å²) < 4.78 is 48.4. The molecular formula is C48H68O12PS4-. The molecule has 65 heavy (non-hydrogen) atoms. The Morgan fingerprint density at radius 3 is 1.94 bits per heavy atom. The largest absolute Gasteiger partial charge is 0.577 e. The maximum Gasteiger partial charge on any atom is 0.335 e. The van der Waals surface area contributed by atoms with Gasteiger partial charge in [0.15, 0.2) is 15.1 Å². The lowest BCUT2D eigenvalue weighted by Gasteiger charge is -2.23. The average Bonchev–Trinajstić information content (AvgIpc) is 3.27. The number of thiocarbonyl (C=S) groups is 1. The van der Waals surface area contributed by atoms with Crippen LogP contribution in [0.3, 0.4) is 0 Å². The summed E-state index contributed by atoms with van der Waals surface area (Å²) in [5.41, 5.74) is 1.37. The molecule has 17 heteroatoms. The number of carbonyl (C=O) groups is 5. The summed E-state index contributed by atoms with van der Waals surface area (Å²) in [7, 11) is -4.13. The van der Waals surface area contributed by atoms with Gasteiger partial charge in [-0.05, 0) is 68.9 Å². The van der Waals surface area contributed by atoms with Gasteiger partial charge in [-0.25, -0.2) is 18.0 Å². The number of benzene rings is 2. The van der Waals surface area contributed by atoms with Gasteiger partial charge in [0.1, 0.15) is 14.0 Å². The maximum atomic E-state index is 13.2. The molecule has 1 saturated heterocycles. The van der Waals surface area contributed by atoms with Crippen molar-refractivity contribution >= 4 is 94.9 Å². The summed E-state index contributed by atoms with van der Waals surface area (Å²) in [6.45, 7) is 11.5. The normalized spacial score (nSPS) is 18.2. The van der Waals surface area contributed by atoms with Crippen LogP contribution in [0.25, 0.3) is 6.08 Å². The monoisotopic (exact) mass is 995 g/mol. The average molecular weight is 996 g/mol. The van der Waals surface area contributed by atoms with Gasteiger partial charge in [-0.3, -0.25) is 14.4 Å². The van der Waals surface area contributed by atoms with Crippen LogP contribution >= 0.6 is 45.6 Å². The second kappa shape index (κ2) is 33.8. The van der Waals surface area contributed by atoms with Crippen molar-refractivity contribution in [3.63, 3.8) is 0 Å². The zero-order valence-electron chi connectivity index (χ0n) is 38.2. The predicted octanol–water partition coefficient (Wildman–Crippen LogP) is 10.6. The second-order valence-electron chi connectivity index (χ2n) is 15.4. The Kier molecular flexibility index (Phi) is 31.0. The Hall–Kier alpha value is -3.56. The molecular weight excluding hydrogens is 928 g/mol. The molecule has 1 aliphatic rings. The molecule has 0 saturated carbocycles. The lowest BCUT2D eigenvalue weighted by Crippen LogP contribution is -2.35. The van der Waals surface area contributed by atoms with Crippen LogP contribution in [0, 0.1) is 5.92 Å². The van der Waals surface area contributed by atoms with Crippen LogP contribution < -0.4 is 0 Å². The van der Waals surface area contributed by atoms with Gasteiger partial charge in [0.25, 0.3) is 0 Å². The number of carboxylic acids is 1. The van der Waals surface area contributed by atoms with E-state index in [0.29, 0.717) is 37.2 Å². The highest BCUT2D eigenvalue weighted by atomic mass is 32.2. The maximum absolute atomic E-state index is 13.2. The van der Waals surface area contributed by atoms with Gasteiger partial charge in [0, 0.05) is 5.57 Å². The van der Waals surface area contributed by atoms with Gasteiger partial charge in [0.2, 0.25) is 0 Å². The fourth-order valence-corrected chi connectivity index (χ4v) is 10.6. The van der Waals surface area contributed by atoms with E-state index in [1.807, 2.05) is 44.2 Å². The van der Waals surface area contributed by atoms with E-state index in [9.17, 15) is 37.5 Å². The first-order valence-electron chi connectivity index (χ1n) is 22.1. The highest BCUT2D eigenvalue weighted by Gasteiger charge is 2.41. The van der Waals surface area contributed by atoms with E-state index >= 15 is 0 Å². The second-order valence-corrected chi connectivity index (χ2v) is 21.5. The SMILES string of the molecule is C=C1C(=O)OCCCCCCCCOC(=O)C(C)S(=O)(=O)C1c1ccccc1.CCSC(=S)SC(C)C(=O)OCCCCCCCCOC(=O)/C(=C/c1ccccc1)CC(C)C(=O)O.[PH2-]. The van der Waals surface area contributed by atoms with Gasteiger partial charge < -0.3 is 34.0 Å². The van der Waals surface area contributed by atoms with E-state index < -0.39 is 50.1 Å². The summed E-state index contributed by atoms with van der Waals surface area (Å²) in [6, 6.07) is 17.6. The standard InChI is InChI=1S/C27H38O6S3.C21H28O6S.H2P/c1-4-35-27(34)36-21(3)25(30)32-16-12-7-5-6-8-13-17-33-26(31)23(18-20(2)24(28)29)19-22-14-10-9-11-15-22;1-16-19(18-12-8-7-9-13-18)28(24,25)17(2)21(23)27-15-11-6-4-3-5-10-14-26-20(16)22;/h9-11,14-15,19-21H,4-8,12-13,16-18H2,1-3H3,(H,28,29);7-9,12-13,17,19H,1,3-6,10-11,14-15H2,2H3;1H2/q;;-1/b23-19+;;. The van der Waals surface area contributed by atoms with Crippen LogP contribution in [0.15, 0.2) is 78.4 Å².